The minimum Gasteiger partial charge on any atom is -0.237 e. The topological polar surface area (TPSA) is 27.0 Å². The van der Waals surface area contributed by atoms with Gasteiger partial charge in [-0.3, -0.25) is 0 Å². The molecule has 0 aliphatic rings. The molecule has 4 heteroatoms. The van der Waals surface area contributed by atoms with Crippen molar-refractivity contribution >= 4 is 29.0 Å². The summed E-state index contributed by atoms with van der Waals surface area (Å²) in [5.41, 5.74) is 1.58. The van der Waals surface area contributed by atoms with Crippen molar-refractivity contribution in [2.45, 2.75) is 0 Å². The molecule has 0 aromatic heterocycles. The molecule has 0 unspecified atom stereocenters. The Bertz CT molecular complexity index is 1130. The van der Waals surface area contributed by atoms with Gasteiger partial charge >= 0.3 is 0 Å². The van der Waals surface area contributed by atoms with Crippen molar-refractivity contribution in [2.75, 3.05) is 11.7 Å². The number of halogens is 1. The van der Waals surface area contributed by atoms with Crippen molar-refractivity contribution in [1.29, 1.82) is 5.26 Å². The number of hydrogen-bond acceptors (Lipinski definition) is 2. The third kappa shape index (κ3) is 3.47. The molecule has 0 aliphatic carbocycles. The summed E-state index contributed by atoms with van der Waals surface area (Å²) in [6, 6.07) is 37.2. The van der Waals surface area contributed by atoms with E-state index < -0.39 is 7.41 Å². The van der Waals surface area contributed by atoms with Gasteiger partial charge in [-0.25, -0.2) is 9.06 Å². The first-order chi connectivity index (χ1) is 14.7. The van der Waals surface area contributed by atoms with E-state index >= 15 is 0 Å². The first-order valence-corrected chi connectivity index (χ1v) is 11.4. The van der Waals surface area contributed by atoms with Crippen molar-refractivity contribution in [2.24, 2.45) is 0 Å². The zero-order chi connectivity index (χ0) is 21.0. The van der Waals surface area contributed by atoms with Crippen LogP contribution in [-0.4, -0.2) is 7.05 Å². The summed E-state index contributed by atoms with van der Waals surface area (Å²) in [5.74, 6) is -0.253. The molecule has 2 nitrogen and oxygen atoms in total. The number of anilines is 1. The first kappa shape index (κ1) is 19.8. The van der Waals surface area contributed by atoms with Crippen LogP contribution in [0.25, 0.3) is 0 Å². The van der Waals surface area contributed by atoms with Gasteiger partial charge in [-0.05, 0) is 60.7 Å². The van der Waals surface area contributed by atoms with E-state index in [9.17, 15) is 9.65 Å². The first-order valence-electron chi connectivity index (χ1n) is 9.67. The number of rotatable bonds is 5. The molecule has 4 rings (SSSR count). The summed E-state index contributed by atoms with van der Waals surface area (Å²) in [7, 11) is -0.351. The lowest BCUT2D eigenvalue weighted by atomic mass is 10.2. The highest BCUT2D eigenvalue weighted by Crippen LogP contribution is 2.59. The van der Waals surface area contributed by atoms with Crippen LogP contribution in [0.1, 0.15) is 5.56 Å². The molecular weight excluding hydrogens is 390 g/mol. The Morgan fingerprint density at radius 1 is 0.700 bits per heavy atom. The van der Waals surface area contributed by atoms with Gasteiger partial charge in [-0.1, -0.05) is 42.5 Å². The van der Waals surface area contributed by atoms with Crippen LogP contribution in [0, 0.1) is 17.1 Å². The van der Waals surface area contributed by atoms with Crippen molar-refractivity contribution in [3.05, 3.63) is 121 Å². The van der Waals surface area contributed by atoms with Gasteiger partial charge in [0.05, 0.1) is 17.3 Å². The number of nitriles is 1. The maximum absolute atomic E-state index is 14.5. The molecule has 0 atom stereocenters. The van der Waals surface area contributed by atoms with Gasteiger partial charge in [0.25, 0.3) is 0 Å². The minimum atomic E-state index is -2.41. The molecule has 0 amide bonds. The third-order valence-corrected chi connectivity index (χ3v) is 9.51. The van der Waals surface area contributed by atoms with E-state index in [0.29, 0.717) is 5.56 Å². The number of hydrogen-bond donors (Lipinski definition) is 0. The van der Waals surface area contributed by atoms with Crippen molar-refractivity contribution in [3.63, 3.8) is 0 Å². The molecule has 0 radical (unpaired) electrons. The van der Waals surface area contributed by atoms with Crippen LogP contribution < -0.4 is 20.6 Å². The van der Waals surface area contributed by atoms with Crippen LogP contribution in [0.4, 0.5) is 10.1 Å². The van der Waals surface area contributed by atoms with E-state index in [0.717, 1.165) is 21.6 Å². The second-order valence-corrected chi connectivity index (χ2v) is 10.4. The highest BCUT2D eigenvalue weighted by atomic mass is 31.2. The van der Waals surface area contributed by atoms with E-state index in [4.69, 9.17) is 0 Å². The summed E-state index contributed by atoms with van der Waals surface area (Å²) in [6.07, 6.45) is 0. The predicted molar refractivity (Wildman–Crippen MR) is 125 cm³/mol. The fraction of sp³-hybridized carbons (Fsp3) is 0.0385. The lowest BCUT2D eigenvalue weighted by molar-refractivity contribution is 0.629. The minimum absolute atomic E-state index is 0.253. The molecule has 0 N–H and O–H groups in total. The molecule has 4 aromatic carbocycles. The zero-order valence-electron chi connectivity index (χ0n) is 16.6. The van der Waals surface area contributed by atoms with Crippen molar-refractivity contribution in [1.82, 2.24) is 0 Å². The quantitative estimate of drug-likeness (QED) is 0.430. The highest BCUT2D eigenvalue weighted by Gasteiger charge is 2.50. The smallest absolute Gasteiger partial charge is 0.202 e. The van der Waals surface area contributed by atoms with E-state index in [1.165, 1.54) is 6.07 Å². The molecule has 0 heterocycles. The van der Waals surface area contributed by atoms with Crippen LogP contribution in [0.5, 0.6) is 0 Å². The highest BCUT2D eigenvalue weighted by molar-refractivity contribution is 7.96. The Morgan fingerprint density at radius 2 is 1.23 bits per heavy atom. The Hall–Kier alpha value is -3.47. The van der Waals surface area contributed by atoms with Crippen LogP contribution in [0.3, 0.4) is 0 Å². The molecule has 0 spiro atoms. The number of benzene rings is 4. The molecule has 0 saturated heterocycles. The van der Waals surface area contributed by atoms with Crippen LogP contribution in [-0.2, 0) is 0 Å². The van der Waals surface area contributed by atoms with Gasteiger partial charge in [0.2, 0.25) is 7.41 Å². The van der Waals surface area contributed by atoms with Crippen molar-refractivity contribution < 1.29 is 4.39 Å². The monoisotopic (exact) mass is 411 g/mol. The van der Waals surface area contributed by atoms with E-state index in [1.54, 1.807) is 12.1 Å². The van der Waals surface area contributed by atoms with Gasteiger partial charge in [0, 0.05) is 13.1 Å². The average molecular weight is 411 g/mol. The summed E-state index contributed by atoms with van der Waals surface area (Å²) >= 11 is 0. The largest absolute Gasteiger partial charge is 0.237 e. The molecule has 4 aromatic rings. The Labute approximate surface area is 177 Å². The third-order valence-electron chi connectivity index (χ3n) is 5.26. The van der Waals surface area contributed by atoms with Crippen LogP contribution >= 0.6 is 7.41 Å². The second kappa shape index (κ2) is 8.49. The molecule has 146 valence electrons. The van der Waals surface area contributed by atoms with E-state index in [1.807, 2.05) is 66.7 Å². The van der Waals surface area contributed by atoms with Crippen LogP contribution in [0.15, 0.2) is 109 Å². The molecule has 0 saturated carbocycles. The molecular formula is C26H21FN2P+. The maximum atomic E-state index is 14.5. The Kier molecular flexibility index (Phi) is 5.61. The van der Waals surface area contributed by atoms with Crippen LogP contribution in [0.2, 0.25) is 0 Å². The molecule has 30 heavy (non-hydrogen) atoms. The predicted octanol–water partition coefficient (Wildman–Crippen LogP) is 5.04. The van der Waals surface area contributed by atoms with Gasteiger partial charge < -0.3 is 0 Å². The van der Waals surface area contributed by atoms with E-state index in [2.05, 4.69) is 42.1 Å². The number of nitrogens with zero attached hydrogens (tertiary/aromatic N) is 2. The summed E-state index contributed by atoms with van der Waals surface area (Å²) in [5, 5.41) is 12.4. The van der Waals surface area contributed by atoms with E-state index in [-0.39, 0.29) is 5.82 Å². The standard InChI is InChI=1S/C26H21FN2P/c1-29(23-17-15-21(20-28)16-18-23)30(24-10-4-2-5-11-24,25-12-6-3-7-13-25)26-14-8-9-22(27)19-26/h2-19H,1H3/q+1. The lowest BCUT2D eigenvalue weighted by Gasteiger charge is -2.35. The SMILES string of the molecule is CN(c1ccc(C#N)cc1)[P+](c1ccccc1)(c1ccccc1)c1cccc(F)c1. The second-order valence-electron chi connectivity index (χ2n) is 6.97. The van der Waals surface area contributed by atoms with Gasteiger partial charge in [-0.2, -0.15) is 5.26 Å². The zero-order valence-corrected chi connectivity index (χ0v) is 17.5. The summed E-state index contributed by atoms with van der Waals surface area (Å²) in [4.78, 5) is 0. The molecule has 0 bridgehead atoms. The lowest BCUT2D eigenvalue weighted by Crippen LogP contribution is -2.42. The average Bonchev–Trinajstić information content (AvgIpc) is 2.81. The molecule has 0 fully saturated rings. The fourth-order valence-electron chi connectivity index (χ4n) is 3.86. The maximum Gasteiger partial charge on any atom is 0.202 e. The Morgan fingerprint density at radius 3 is 1.73 bits per heavy atom. The fourth-order valence-corrected chi connectivity index (χ4v) is 8.09. The van der Waals surface area contributed by atoms with Gasteiger partial charge in [0.1, 0.15) is 21.7 Å². The van der Waals surface area contributed by atoms with Gasteiger partial charge in [0.15, 0.2) is 0 Å². The van der Waals surface area contributed by atoms with Gasteiger partial charge in [-0.15, -0.1) is 0 Å². The summed E-state index contributed by atoms with van der Waals surface area (Å²) in [6.45, 7) is 0. The molecule has 0 aliphatic heterocycles. The summed E-state index contributed by atoms with van der Waals surface area (Å²) < 4.78 is 16.7. The normalized spacial score (nSPS) is 11.0. The Balaban J connectivity index is 2.05. The van der Waals surface area contributed by atoms with Crippen molar-refractivity contribution in [3.8, 4) is 6.07 Å².